The molecule has 6 N–H and O–H groups in total. The lowest BCUT2D eigenvalue weighted by molar-refractivity contribution is -0.0564. The molecule has 1 aromatic carbocycles. The molecule has 76 valence electrons. The van der Waals surface area contributed by atoms with Crippen LogP contribution in [0.15, 0.2) is 18.2 Å². The Kier molecular flexibility index (Phi) is 1.88. The lowest BCUT2D eigenvalue weighted by Crippen LogP contribution is -2.69. The molecule has 0 saturated heterocycles. The summed E-state index contributed by atoms with van der Waals surface area (Å²) in [7, 11) is 0. The van der Waals surface area contributed by atoms with E-state index in [0.717, 1.165) is 5.56 Å². The van der Waals surface area contributed by atoms with Crippen LogP contribution in [0.25, 0.3) is 0 Å². The smallest absolute Gasteiger partial charge is 0.264 e. The molecule has 1 heterocycles. The normalized spacial score (nSPS) is 23.3. The molecule has 0 spiro atoms. The van der Waals surface area contributed by atoms with E-state index in [1.54, 1.807) is 6.07 Å². The zero-order chi connectivity index (χ0) is 10.3. The molecule has 1 atom stereocenters. The average Bonchev–Trinajstić information content (AvgIpc) is 2.08. The highest BCUT2D eigenvalue weighted by atomic mass is 16.6. The van der Waals surface area contributed by atoms with Gasteiger partial charge in [-0.1, -0.05) is 6.07 Å². The van der Waals surface area contributed by atoms with E-state index >= 15 is 0 Å². The molecule has 0 fully saturated rings. The van der Waals surface area contributed by atoms with Gasteiger partial charge in [0, 0.05) is 0 Å². The fourth-order valence-electron chi connectivity index (χ4n) is 1.27. The van der Waals surface area contributed by atoms with Gasteiger partial charge in [0.2, 0.25) is 6.23 Å². The van der Waals surface area contributed by atoms with E-state index in [4.69, 9.17) is 26.7 Å². The lowest BCUT2D eigenvalue weighted by atomic mass is 10.2. The van der Waals surface area contributed by atoms with Gasteiger partial charge in [-0.15, -0.1) is 0 Å². The van der Waals surface area contributed by atoms with Gasteiger partial charge in [0.1, 0.15) is 0 Å². The first-order valence-electron chi connectivity index (χ1n) is 4.29. The van der Waals surface area contributed by atoms with Crippen LogP contribution in [0.2, 0.25) is 0 Å². The summed E-state index contributed by atoms with van der Waals surface area (Å²) in [5.41, 5.74) is 17.8. The van der Waals surface area contributed by atoms with E-state index < -0.39 is 12.1 Å². The van der Waals surface area contributed by atoms with Crippen molar-refractivity contribution in [3.63, 3.8) is 0 Å². The summed E-state index contributed by atoms with van der Waals surface area (Å²) in [5.74, 6) is -0.381. The fourth-order valence-corrected chi connectivity index (χ4v) is 1.27. The minimum atomic E-state index is -1.47. The molecule has 5 nitrogen and oxygen atoms in total. The van der Waals surface area contributed by atoms with Crippen molar-refractivity contribution in [1.29, 1.82) is 0 Å². The van der Waals surface area contributed by atoms with E-state index in [1.165, 1.54) is 0 Å². The number of benzene rings is 1. The predicted octanol–water partition coefficient (Wildman–Crippen LogP) is -0.378. The summed E-state index contributed by atoms with van der Waals surface area (Å²) in [5, 5.41) is 0. The Morgan fingerprint density at radius 2 is 2.00 bits per heavy atom. The quantitative estimate of drug-likeness (QED) is 0.490. The van der Waals surface area contributed by atoms with Gasteiger partial charge in [0.25, 0.3) is 5.85 Å². The maximum atomic E-state index is 5.58. The summed E-state index contributed by atoms with van der Waals surface area (Å²) >= 11 is 0. The van der Waals surface area contributed by atoms with Gasteiger partial charge in [0.15, 0.2) is 11.5 Å². The van der Waals surface area contributed by atoms with Crippen molar-refractivity contribution in [1.82, 2.24) is 0 Å². The summed E-state index contributed by atoms with van der Waals surface area (Å²) < 4.78 is 10.6. The van der Waals surface area contributed by atoms with Crippen molar-refractivity contribution in [2.75, 3.05) is 0 Å². The molecule has 2 rings (SSSR count). The molecule has 0 aromatic heterocycles. The van der Waals surface area contributed by atoms with Crippen molar-refractivity contribution in [3.8, 4) is 11.5 Å². The summed E-state index contributed by atoms with van der Waals surface area (Å²) in [6.07, 6.45) is -0.864. The lowest BCUT2D eigenvalue weighted by Gasteiger charge is -2.36. The van der Waals surface area contributed by atoms with Gasteiger partial charge in [-0.2, -0.15) is 0 Å². The third-order valence-corrected chi connectivity index (χ3v) is 2.08. The van der Waals surface area contributed by atoms with Crippen molar-refractivity contribution in [3.05, 3.63) is 23.8 Å². The van der Waals surface area contributed by atoms with Crippen molar-refractivity contribution >= 4 is 0 Å². The van der Waals surface area contributed by atoms with Crippen LogP contribution in [-0.2, 0) is 0 Å². The molecule has 14 heavy (non-hydrogen) atoms. The third-order valence-electron chi connectivity index (χ3n) is 2.08. The van der Waals surface area contributed by atoms with Crippen LogP contribution < -0.4 is 26.7 Å². The van der Waals surface area contributed by atoms with Gasteiger partial charge >= 0.3 is 0 Å². The molecule has 1 aromatic rings. The second-order valence-corrected chi connectivity index (χ2v) is 3.44. The largest absolute Gasteiger partial charge is 0.464 e. The number of hydrogen-bond donors (Lipinski definition) is 3. The van der Waals surface area contributed by atoms with Crippen LogP contribution in [0.4, 0.5) is 0 Å². The SMILES string of the molecule is Cc1ccc2c(c1)OC(N)C(N)(N)O2. The fraction of sp³-hybridized carbons (Fsp3) is 0.333. The number of aryl methyl sites for hydroxylation is 1. The number of ether oxygens (including phenoxy) is 2. The van der Waals surface area contributed by atoms with E-state index in [-0.39, 0.29) is 0 Å². The van der Waals surface area contributed by atoms with Gasteiger partial charge in [0.05, 0.1) is 0 Å². The first-order valence-corrected chi connectivity index (χ1v) is 4.29. The Morgan fingerprint density at radius 1 is 1.29 bits per heavy atom. The predicted molar refractivity (Wildman–Crippen MR) is 51.5 cm³/mol. The molecule has 0 saturated carbocycles. The van der Waals surface area contributed by atoms with Crippen molar-refractivity contribution < 1.29 is 9.47 Å². The average molecular weight is 195 g/mol. The standard InChI is InChI=1S/C9H13N3O2/c1-5-2-3-6-7(4-5)13-8(10)9(11,12)14-6/h2-4,8H,10-12H2,1H3. The summed E-state index contributed by atoms with van der Waals surface area (Å²) in [4.78, 5) is 0. The second-order valence-electron chi connectivity index (χ2n) is 3.44. The molecule has 0 amide bonds. The van der Waals surface area contributed by atoms with Crippen molar-refractivity contribution in [2.24, 2.45) is 17.2 Å². The van der Waals surface area contributed by atoms with Gasteiger partial charge < -0.3 is 9.47 Å². The van der Waals surface area contributed by atoms with E-state index in [9.17, 15) is 0 Å². The van der Waals surface area contributed by atoms with Gasteiger partial charge in [-0.05, 0) is 24.6 Å². The Bertz CT molecular complexity index is 365. The zero-order valence-electron chi connectivity index (χ0n) is 7.86. The minimum Gasteiger partial charge on any atom is -0.464 e. The molecule has 1 aliphatic heterocycles. The first-order chi connectivity index (χ1) is 6.49. The molecular weight excluding hydrogens is 182 g/mol. The highest BCUT2D eigenvalue weighted by Gasteiger charge is 2.37. The zero-order valence-corrected chi connectivity index (χ0v) is 7.86. The maximum Gasteiger partial charge on any atom is 0.264 e. The van der Waals surface area contributed by atoms with E-state index in [0.29, 0.717) is 11.5 Å². The van der Waals surface area contributed by atoms with Gasteiger partial charge in [-0.25, -0.2) is 0 Å². The van der Waals surface area contributed by atoms with Crippen LogP contribution in [0.3, 0.4) is 0 Å². The Balaban J connectivity index is 2.41. The number of rotatable bonds is 0. The highest BCUT2D eigenvalue weighted by Crippen LogP contribution is 2.34. The molecule has 1 aliphatic rings. The monoisotopic (exact) mass is 195 g/mol. The van der Waals surface area contributed by atoms with Crippen LogP contribution in [-0.4, -0.2) is 12.1 Å². The minimum absolute atomic E-state index is 0.516. The Morgan fingerprint density at radius 3 is 2.71 bits per heavy atom. The molecule has 0 bridgehead atoms. The first kappa shape index (κ1) is 9.26. The maximum absolute atomic E-state index is 5.58. The Labute approximate surface area is 81.8 Å². The van der Waals surface area contributed by atoms with E-state index in [2.05, 4.69) is 0 Å². The number of nitrogens with two attached hydrogens (primary N) is 3. The topological polar surface area (TPSA) is 96.5 Å². The number of hydrogen-bond acceptors (Lipinski definition) is 5. The van der Waals surface area contributed by atoms with Crippen molar-refractivity contribution in [2.45, 2.75) is 19.0 Å². The van der Waals surface area contributed by atoms with Gasteiger partial charge in [-0.3, -0.25) is 17.2 Å². The van der Waals surface area contributed by atoms with Crippen LogP contribution in [0, 0.1) is 6.92 Å². The molecule has 0 aliphatic carbocycles. The molecule has 1 unspecified atom stereocenters. The second kappa shape index (κ2) is 2.84. The molecular formula is C9H13N3O2. The number of fused-ring (bicyclic) bond motifs is 1. The van der Waals surface area contributed by atoms with Crippen LogP contribution in [0.5, 0.6) is 11.5 Å². The highest BCUT2D eigenvalue weighted by molar-refractivity contribution is 5.44. The van der Waals surface area contributed by atoms with Crippen LogP contribution >= 0.6 is 0 Å². The molecule has 0 radical (unpaired) electrons. The summed E-state index contributed by atoms with van der Waals surface area (Å²) in [6.45, 7) is 1.95. The van der Waals surface area contributed by atoms with Crippen LogP contribution in [0.1, 0.15) is 5.56 Å². The third kappa shape index (κ3) is 1.41. The Hall–Kier alpha value is -1.30. The van der Waals surface area contributed by atoms with E-state index in [1.807, 2.05) is 19.1 Å². The summed E-state index contributed by atoms with van der Waals surface area (Å²) in [6, 6.07) is 5.46. The molecule has 5 heteroatoms.